The minimum absolute atomic E-state index is 0.344. The minimum atomic E-state index is -0.700. The van der Waals surface area contributed by atoms with E-state index >= 15 is 0 Å². The highest BCUT2D eigenvalue weighted by Crippen LogP contribution is 2.34. The van der Waals surface area contributed by atoms with E-state index in [0.717, 1.165) is 11.1 Å². The monoisotopic (exact) mass is 346 g/mol. The van der Waals surface area contributed by atoms with Gasteiger partial charge in [-0.05, 0) is 25.1 Å². The number of nitrogens with one attached hydrogen (secondary N) is 1. The molecule has 2 aromatic rings. The topological polar surface area (TPSA) is 73.1 Å². The zero-order valence-electron chi connectivity index (χ0n) is 12.1. The van der Waals surface area contributed by atoms with Crippen molar-refractivity contribution in [2.75, 3.05) is 5.32 Å². The fraction of sp³-hybridized carbons (Fsp3) is 0.0588. The number of halogens is 2. The highest BCUT2D eigenvalue weighted by Gasteiger charge is 2.14. The van der Waals surface area contributed by atoms with E-state index in [9.17, 15) is 9.90 Å². The van der Waals surface area contributed by atoms with Gasteiger partial charge in [-0.2, -0.15) is 5.26 Å². The predicted molar refractivity (Wildman–Crippen MR) is 91.5 cm³/mol. The molecule has 0 radical (unpaired) electrons. The zero-order chi connectivity index (χ0) is 17.0. The number of aliphatic hydroxyl groups excluding tert-OH is 1. The Hall–Kier alpha value is -2.48. The molecule has 0 saturated carbocycles. The van der Waals surface area contributed by atoms with Gasteiger partial charge in [-0.25, -0.2) is 0 Å². The number of rotatable bonds is 3. The van der Waals surface area contributed by atoms with E-state index in [1.807, 2.05) is 18.2 Å². The Bertz CT molecular complexity index is 835. The molecule has 6 heteroatoms. The second-order valence-corrected chi connectivity index (χ2v) is 5.52. The van der Waals surface area contributed by atoms with Crippen LogP contribution in [0.5, 0.6) is 0 Å². The molecule has 1 amide bonds. The van der Waals surface area contributed by atoms with Crippen LogP contribution in [-0.4, -0.2) is 11.0 Å². The molecule has 0 aromatic heterocycles. The summed E-state index contributed by atoms with van der Waals surface area (Å²) in [5.74, 6) is -1.04. The standard InChI is InChI=1S/C17H12Cl2N2O2/c1-10(22)14(9-20)17(23)21-11-6-7-13(16(19)8-11)12-4-2-3-5-15(12)18/h2-8,22H,1H3,(H,21,23)/b14-10-. The van der Waals surface area contributed by atoms with Gasteiger partial charge in [0.25, 0.3) is 5.91 Å². The molecule has 116 valence electrons. The van der Waals surface area contributed by atoms with Gasteiger partial charge in [0, 0.05) is 21.8 Å². The van der Waals surface area contributed by atoms with Crippen molar-refractivity contribution >= 4 is 34.8 Å². The largest absolute Gasteiger partial charge is 0.511 e. The van der Waals surface area contributed by atoms with E-state index in [1.54, 1.807) is 30.3 Å². The Morgan fingerprint density at radius 3 is 2.35 bits per heavy atom. The first-order chi connectivity index (χ1) is 10.9. The van der Waals surface area contributed by atoms with Gasteiger partial charge in [-0.15, -0.1) is 0 Å². The summed E-state index contributed by atoms with van der Waals surface area (Å²) in [5.41, 5.74) is 1.56. The van der Waals surface area contributed by atoms with Gasteiger partial charge in [0.15, 0.2) is 5.57 Å². The third kappa shape index (κ3) is 3.84. The van der Waals surface area contributed by atoms with E-state index in [1.165, 1.54) is 6.92 Å². The van der Waals surface area contributed by atoms with Crippen LogP contribution >= 0.6 is 23.2 Å². The Balaban J connectivity index is 2.31. The lowest BCUT2D eigenvalue weighted by Crippen LogP contribution is -2.14. The van der Waals surface area contributed by atoms with Crippen molar-refractivity contribution in [3.63, 3.8) is 0 Å². The van der Waals surface area contributed by atoms with Gasteiger partial charge in [-0.3, -0.25) is 4.79 Å². The van der Waals surface area contributed by atoms with Crippen LogP contribution in [0.2, 0.25) is 10.0 Å². The van der Waals surface area contributed by atoms with E-state index in [2.05, 4.69) is 5.32 Å². The van der Waals surface area contributed by atoms with Crippen molar-refractivity contribution < 1.29 is 9.90 Å². The van der Waals surface area contributed by atoms with Crippen LogP contribution in [0.25, 0.3) is 11.1 Å². The number of amides is 1. The van der Waals surface area contributed by atoms with Gasteiger partial charge in [0.05, 0.1) is 5.02 Å². The number of benzene rings is 2. The predicted octanol–water partition coefficient (Wildman–Crippen LogP) is 4.95. The third-order valence-electron chi connectivity index (χ3n) is 3.09. The lowest BCUT2D eigenvalue weighted by Gasteiger charge is -2.10. The summed E-state index contributed by atoms with van der Waals surface area (Å²) in [6.45, 7) is 1.27. The second-order valence-electron chi connectivity index (χ2n) is 4.70. The van der Waals surface area contributed by atoms with Crippen molar-refractivity contribution in [3.8, 4) is 17.2 Å². The highest BCUT2D eigenvalue weighted by molar-refractivity contribution is 6.36. The second kappa shape index (κ2) is 7.19. The van der Waals surface area contributed by atoms with Gasteiger partial charge in [-0.1, -0.05) is 47.5 Å². The van der Waals surface area contributed by atoms with Crippen LogP contribution in [0.15, 0.2) is 53.8 Å². The number of anilines is 1. The minimum Gasteiger partial charge on any atom is -0.511 e. The smallest absolute Gasteiger partial charge is 0.269 e. The molecular formula is C17H12Cl2N2O2. The molecular weight excluding hydrogens is 335 g/mol. The summed E-state index contributed by atoms with van der Waals surface area (Å²) in [6.07, 6.45) is 0. The molecule has 2 N–H and O–H groups in total. The van der Waals surface area contributed by atoms with E-state index in [-0.39, 0.29) is 11.3 Å². The fourth-order valence-electron chi connectivity index (χ4n) is 1.98. The molecule has 0 heterocycles. The number of aliphatic hydroxyl groups is 1. The van der Waals surface area contributed by atoms with Crippen molar-refractivity contribution in [1.82, 2.24) is 0 Å². The van der Waals surface area contributed by atoms with Crippen molar-refractivity contribution in [3.05, 3.63) is 63.8 Å². The zero-order valence-corrected chi connectivity index (χ0v) is 13.6. The number of allylic oxidation sites excluding steroid dienone is 1. The number of hydrogen-bond acceptors (Lipinski definition) is 3. The normalized spacial score (nSPS) is 11.4. The number of carbonyl (C=O) groups excluding carboxylic acids is 1. The summed E-state index contributed by atoms with van der Waals surface area (Å²) < 4.78 is 0. The van der Waals surface area contributed by atoms with Crippen molar-refractivity contribution in [2.45, 2.75) is 6.92 Å². The molecule has 2 rings (SSSR count). The maximum absolute atomic E-state index is 11.9. The lowest BCUT2D eigenvalue weighted by atomic mass is 10.1. The molecule has 0 aliphatic rings. The first-order valence-corrected chi connectivity index (χ1v) is 7.35. The van der Waals surface area contributed by atoms with Gasteiger partial charge in [0.2, 0.25) is 0 Å². The Morgan fingerprint density at radius 2 is 1.78 bits per heavy atom. The summed E-state index contributed by atoms with van der Waals surface area (Å²) in [7, 11) is 0. The highest BCUT2D eigenvalue weighted by atomic mass is 35.5. The van der Waals surface area contributed by atoms with Crippen LogP contribution in [0.1, 0.15) is 6.92 Å². The molecule has 0 bridgehead atoms. The fourth-order valence-corrected chi connectivity index (χ4v) is 2.50. The summed E-state index contributed by atoms with van der Waals surface area (Å²) in [6, 6.07) is 13.8. The quantitative estimate of drug-likeness (QED) is 0.468. The Labute approximate surface area is 143 Å². The number of carbonyl (C=O) groups is 1. The number of nitriles is 1. The van der Waals surface area contributed by atoms with Crippen LogP contribution in [0.4, 0.5) is 5.69 Å². The first-order valence-electron chi connectivity index (χ1n) is 6.59. The maximum atomic E-state index is 11.9. The molecule has 23 heavy (non-hydrogen) atoms. The average molecular weight is 347 g/mol. The van der Waals surface area contributed by atoms with Gasteiger partial charge in [0.1, 0.15) is 11.8 Å². The van der Waals surface area contributed by atoms with Crippen molar-refractivity contribution in [2.24, 2.45) is 0 Å². The molecule has 2 aromatic carbocycles. The van der Waals surface area contributed by atoms with Crippen LogP contribution < -0.4 is 5.32 Å². The average Bonchev–Trinajstić information content (AvgIpc) is 2.49. The Kier molecular flexibility index (Phi) is 5.28. The summed E-state index contributed by atoms with van der Waals surface area (Å²) in [5, 5.41) is 21.6. The van der Waals surface area contributed by atoms with Crippen LogP contribution in [-0.2, 0) is 4.79 Å². The summed E-state index contributed by atoms with van der Waals surface area (Å²) >= 11 is 12.4. The van der Waals surface area contributed by atoms with Gasteiger partial charge < -0.3 is 10.4 Å². The molecule has 0 aliphatic carbocycles. The molecule has 0 saturated heterocycles. The van der Waals surface area contributed by atoms with E-state index in [4.69, 9.17) is 28.5 Å². The summed E-state index contributed by atoms with van der Waals surface area (Å²) in [4.78, 5) is 11.9. The maximum Gasteiger partial charge on any atom is 0.269 e. The molecule has 0 fully saturated rings. The molecule has 0 spiro atoms. The first kappa shape index (κ1) is 16.9. The third-order valence-corrected chi connectivity index (χ3v) is 3.73. The molecule has 0 unspecified atom stereocenters. The van der Waals surface area contributed by atoms with Crippen LogP contribution in [0, 0.1) is 11.3 Å². The molecule has 0 atom stereocenters. The van der Waals surface area contributed by atoms with E-state index < -0.39 is 5.91 Å². The molecule has 4 nitrogen and oxygen atoms in total. The lowest BCUT2D eigenvalue weighted by molar-refractivity contribution is -0.112. The Morgan fingerprint density at radius 1 is 1.13 bits per heavy atom. The van der Waals surface area contributed by atoms with Crippen molar-refractivity contribution in [1.29, 1.82) is 5.26 Å². The molecule has 0 aliphatic heterocycles. The van der Waals surface area contributed by atoms with Crippen LogP contribution in [0.3, 0.4) is 0 Å². The SMILES string of the molecule is C/C(O)=C(\C#N)C(=O)Nc1ccc(-c2ccccc2Cl)c(Cl)c1. The van der Waals surface area contributed by atoms with Gasteiger partial charge >= 0.3 is 0 Å². The number of hydrogen-bond donors (Lipinski definition) is 2. The van der Waals surface area contributed by atoms with E-state index in [0.29, 0.717) is 15.7 Å². The number of nitrogens with zero attached hydrogens (tertiary/aromatic N) is 1.